The van der Waals surface area contributed by atoms with E-state index in [0.717, 1.165) is 32.1 Å². The molecule has 4 aromatic rings. The average Bonchev–Trinajstić information content (AvgIpc) is 3.32. The smallest absolute Gasteiger partial charge is 0.264 e. The third kappa shape index (κ3) is 8.64. The number of nitrogens with one attached hydrogen (secondary N) is 1. The Bertz CT molecular complexity index is 1740. The molecule has 0 radical (unpaired) electrons. The van der Waals surface area contributed by atoms with Crippen LogP contribution in [0.3, 0.4) is 0 Å². The molecule has 0 unspecified atom stereocenters. The molecule has 1 aromatic heterocycles. The molecule has 0 saturated heterocycles. The minimum Gasteiger partial charge on any atom is -0.390 e. The summed E-state index contributed by atoms with van der Waals surface area (Å²) in [5.74, 6) is -0.549. The Balaban J connectivity index is 1.63. The topological polar surface area (TPSA) is 124 Å². The maximum atomic E-state index is 11.0. The van der Waals surface area contributed by atoms with Crippen molar-refractivity contribution in [3.63, 3.8) is 0 Å². The Labute approximate surface area is 238 Å². The normalized spacial score (nSPS) is 11.9. The van der Waals surface area contributed by atoms with Crippen molar-refractivity contribution in [2.45, 2.75) is 12.8 Å². The highest BCUT2D eigenvalue weighted by atomic mass is 32.2. The number of hydrogen-bond donors (Lipinski definition) is 3. The maximum Gasteiger partial charge on any atom is 0.264 e. The summed E-state index contributed by atoms with van der Waals surface area (Å²) in [7, 11) is -6.04. The van der Waals surface area contributed by atoms with Gasteiger partial charge in [-0.1, -0.05) is 54.6 Å². The number of benzene rings is 3. The highest BCUT2D eigenvalue weighted by molar-refractivity contribution is 7.86. The molecule has 0 saturated carbocycles. The molecule has 1 heterocycles. The molecule has 8 nitrogen and oxygen atoms in total. The van der Waals surface area contributed by atoms with Crippen LogP contribution >= 0.6 is 11.3 Å². The van der Waals surface area contributed by atoms with Crippen LogP contribution < -0.4 is 20.7 Å². The maximum absolute atomic E-state index is 11.0. The Morgan fingerprint density at radius 3 is 2.17 bits per heavy atom. The predicted octanol–water partition coefficient (Wildman–Crippen LogP) is 3.47. The number of nitrogens with zero attached hydrogens (tertiary/aromatic N) is 1. The van der Waals surface area contributed by atoms with Crippen LogP contribution in [0, 0.1) is 0 Å². The highest BCUT2D eigenvalue weighted by Gasteiger charge is 2.12. The van der Waals surface area contributed by atoms with Gasteiger partial charge in [0.25, 0.3) is 20.2 Å². The van der Waals surface area contributed by atoms with Gasteiger partial charge >= 0.3 is 0 Å². The molecule has 4 rings (SSSR count). The summed E-state index contributed by atoms with van der Waals surface area (Å²) in [5, 5.41) is 6.25. The Morgan fingerprint density at radius 1 is 0.875 bits per heavy atom. The second kappa shape index (κ2) is 13.0. The molecule has 11 heteroatoms. The van der Waals surface area contributed by atoms with Crippen LogP contribution in [0.4, 0.5) is 5.69 Å². The first-order valence-corrected chi connectivity index (χ1v) is 16.8. The van der Waals surface area contributed by atoms with Crippen molar-refractivity contribution in [2.75, 3.05) is 36.5 Å². The van der Waals surface area contributed by atoms with Gasteiger partial charge in [-0.15, -0.1) is 11.3 Å². The molecule has 0 aliphatic heterocycles. The molecular weight excluding hydrogens is 569 g/mol. The summed E-state index contributed by atoms with van der Waals surface area (Å²) in [6.07, 6.45) is 2.46. The number of hydrogen-bond acceptors (Lipinski definition) is 7. The van der Waals surface area contributed by atoms with Crippen molar-refractivity contribution in [1.82, 2.24) is 5.32 Å². The van der Waals surface area contributed by atoms with Gasteiger partial charge in [-0.05, 0) is 58.5 Å². The number of rotatable bonds is 12. The SMILES string of the molecule is CN(CCCS(=O)(=O)O)c1ccc(C(c2cc3ccccc3s2)=c2ccc(=CNCCCS(=O)(=O)O)cc2)cc1. The van der Waals surface area contributed by atoms with Crippen LogP contribution in [0.2, 0.25) is 0 Å². The van der Waals surface area contributed by atoms with Gasteiger partial charge in [0, 0.05) is 47.2 Å². The van der Waals surface area contributed by atoms with Crippen LogP contribution in [-0.4, -0.2) is 57.6 Å². The third-order valence-electron chi connectivity index (χ3n) is 6.36. The molecule has 0 fully saturated rings. The van der Waals surface area contributed by atoms with Gasteiger partial charge < -0.3 is 10.2 Å². The monoisotopic (exact) mass is 600 g/mol. The van der Waals surface area contributed by atoms with Crippen molar-refractivity contribution in [1.29, 1.82) is 0 Å². The zero-order valence-electron chi connectivity index (χ0n) is 22.0. The lowest BCUT2D eigenvalue weighted by Gasteiger charge is -2.19. The van der Waals surface area contributed by atoms with Gasteiger partial charge in [-0.25, -0.2) is 0 Å². The van der Waals surface area contributed by atoms with E-state index in [4.69, 9.17) is 9.11 Å². The second-order valence-electron chi connectivity index (χ2n) is 9.49. The lowest BCUT2D eigenvalue weighted by Crippen LogP contribution is -2.21. The van der Waals surface area contributed by atoms with E-state index in [0.29, 0.717) is 25.9 Å². The van der Waals surface area contributed by atoms with E-state index in [1.54, 1.807) is 11.3 Å². The van der Waals surface area contributed by atoms with E-state index >= 15 is 0 Å². The first-order chi connectivity index (χ1) is 19.0. The van der Waals surface area contributed by atoms with Crippen molar-refractivity contribution < 1.29 is 25.9 Å². The zero-order valence-corrected chi connectivity index (χ0v) is 24.5. The second-order valence-corrected chi connectivity index (χ2v) is 13.7. The third-order valence-corrected chi connectivity index (χ3v) is 9.10. The standard InChI is InChI=1S/C29H32N2O6S3/c1-31(17-5-19-40(35,36)37)26-14-12-24(13-15-26)29(28-20-25-6-2-3-7-27(25)38-28)23-10-8-22(9-11-23)21-30-16-4-18-39(32,33)34/h2-3,6-15,20-21,30H,4-5,16-19H2,1H3,(H,32,33,34)(H,35,36,37). The largest absolute Gasteiger partial charge is 0.390 e. The molecule has 0 amide bonds. The molecule has 212 valence electrons. The van der Waals surface area contributed by atoms with Gasteiger partial charge in [0.1, 0.15) is 0 Å². The summed E-state index contributed by atoms with van der Waals surface area (Å²) >= 11 is 1.73. The summed E-state index contributed by atoms with van der Waals surface area (Å²) in [6, 6.07) is 26.7. The molecular formula is C29H32N2O6S3. The minimum absolute atomic E-state index is 0.271. The van der Waals surface area contributed by atoms with Gasteiger partial charge in [-0.3, -0.25) is 9.11 Å². The summed E-state index contributed by atoms with van der Waals surface area (Å²) in [5.41, 5.74) is 3.08. The first kappa shape index (κ1) is 29.8. The molecule has 0 bridgehead atoms. The highest BCUT2D eigenvalue weighted by Crippen LogP contribution is 2.33. The number of thiophene rings is 1. The van der Waals surface area contributed by atoms with Crippen molar-refractivity contribution in [2.24, 2.45) is 0 Å². The van der Waals surface area contributed by atoms with Gasteiger partial charge in [0.15, 0.2) is 0 Å². The fourth-order valence-electron chi connectivity index (χ4n) is 4.34. The predicted molar refractivity (Wildman–Crippen MR) is 163 cm³/mol. The Hall–Kier alpha value is -3.22. The molecule has 0 spiro atoms. The lowest BCUT2D eigenvalue weighted by atomic mass is 10.00. The lowest BCUT2D eigenvalue weighted by molar-refractivity contribution is 0.479. The van der Waals surface area contributed by atoms with Crippen molar-refractivity contribution in [3.05, 3.63) is 99.7 Å². The van der Waals surface area contributed by atoms with E-state index in [1.807, 2.05) is 54.5 Å². The molecule has 3 N–H and O–H groups in total. The van der Waals surface area contributed by atoms with E-state index in [1.165, 1.54) is 10.1 Å². The van der Waals surface area contributed by atoms with Crippen LogP contribution in [-0.2, 0) is 20.2 Å². The van der Waals surface area contributed by atoms with Crippen molar-refractivity contribution >= 4 is 59.1 Å². The van der Waals surface area contributed by atoms with Crippen molar-refractivity contribution in [3.8, 4) is 0 Å². The van der Waals surface area contributed by atoms with Crippen LogP contribution in [0.5, 0.6) is 0 Å². The van der Waals surface area contributed by atoms with Crippen LogP contribution in [0.15, 0.2) is 78.9 Å². The van der Waals surface area contributed by atoms with E-state index < -0.39 is 20.2 Å². The molecule has 0 aliphatic rings. The van der Waals surface area contributed by atoms with Crippen LogP contribution in [0.1, 0.15) is 23.3 Å². The van der Waals surface area contributed by atoms with Gasteiger partial charge in [0.05, 0.1) is 11.5 Å². The quantitative estimate of drug-likeness (QED) is 0.167. The van der Waals surface area contributed by atoms with E-state index in [2.05, 4.69) is 47.8 Å². The fraction of sp³-hybridized carbons (Fsp3) is 0.241. The van der Waals surface area contributed by atoms with E-state index in [-0.39, 0.29) is 11.5 Å². The molecule has 40 heavy (non-hydrogen) atoms. The molecule has 3 aromatic carbocycles. The van der Waals surface area contributed by atoms with Crippen LogP contribution in [0.25, 0.3) is 21.9 Å². The van der Waals surface area contributed by atoms with Gasteiger partial charge in [0.2, 0.25) is 0 Å². The minimum atomic E-state index is -3.98. The molecule has 0 aliphatic carbocycles. The Morgan fingerprint density at radius 2 is 1.52 bits per heavy atom. The first-order valence-electron chi connectivity index (χ1n) is 12.7. The van der Waals surface area contributed by atoms with E-state index in [9.17, 15) is 16.8 Å². The average molecular weight is 601 g/mol. The zero-order chi connectivity index (χ0) is 28.8. The summed E-state index contributed by atoms with van der Waals surface area (Å²) < 4.78 is 62.9. The summed E-state index contributed by atoms with van der Waals surface area (Å²) in [6.45, 7) is 0.922. The summed E-state index contributed by atoms with van der Waals surface area (Å²) in [4.78, 5) is 3.09. The Kier molecular flexibility index (Phi) is 9.64. The molecule has 0 atom stereocenters. The number of anilines is 1. The number of fused-ring (bicyclic) bond motifs is 1. The fourth-order valence-corrected chi connectivity index (χ4v) is 6.50. The van der Waals surface area contributed by atoms with Gasteiger partial charge in [-0.2, -0.15) is 16.8 Å².